The summed E-state index contributed by atoms with van der Waals surface area (Å²) in [5, 5.41) is 9.50. The number of ether oxygens (including phenoxy) is 5. The van der Waals surface area contributed by atoms with Gasteiger partial charge < -0.3 is 34.3 Å². The van der Waals surface area contributed by atoms with Crippen molar-refractivity contribution in [2.45, 2.75) is 33.7 Å². The van der Waals surface area contributed by atoms with Crippen LogP contribution in [0.4, 0.5) is 5.69 Å². The van der Waals surface area contributed by atoms with E-state index in [2.05, 4.69) is 21.2 Å². The van der Waals surface area contributed by atoms with Crippen LogP contribution in [0.15, 0.2) is 65.8 Å². The van der Waals surface area contributed by atoms with E-state index in [4.69, 9.17) is 23.7 Å². The van der Waals surface area contributed by atoms with Crippen molar-refractivity contribution < 1.29 is 42.9 Å². The molecule has 0 spiro atoms. The zero-order chi connectivity index (χ0) is 33.1. The van der Waals surface area contributed by atoms with Crippen LogP contribution < -0.4 is 35.0 Å². The summed E-state index contributed by atoms with van der Waals surface area (Å²) in [4.78, 5) is 50.0. The molecule has 13 heteroatoms. The van der Waals surface area contributed by atoms with Gasteiger partial charge in [-0.1, -0.05) is 13.8 Å². The molecule has 1 unspecified atom stereocenters. The monoisotopic (exact) mass is 632 g/mol. The minimum atomic E-state index is -0.855. The van der Waals surface area contributed by atoms with Crippen LogP contribution in [0.5, 0.6) is 23.0 Å². The van der Waals surface area contributed by atoms with Gasteiger partial charge in [-0.15, -0.1) is 0 Å². The number of benzene rings is 3. The van der Waals surface area contributed by atoms with Crippen LogP contribution in [0.25, 0.3) is 0 Å². The Labute approximate surface area is 266 Å². The van der Waals surface area contributed by atoms with E-state index in [1.54, 1.807) is 74.5 Å². The summed E-state index contributed by atoms with van der Waals surface area (Å²) in [5.74, 6) is -0.278. The van der Waals surface area contributed by atoms with E-state index in [1.165, 1.54) is 6.21 Å². The number of amides is 3. The van der Waals surface area contributed by atoms with Gasteiger partial charge in [0.1, 0.15) is 6.04 Å². The molecule has 242 valence electrons. The first-order valence-electron chi connectivity index (χ1n) is 14.7. The van der Waals surface area contributed by atoms with E-state index in [0.717, 1.165) is 0 Å². The lowest BCUT2D eigenvalue weighted by atomic mass is 10.0. The highest BCUT2D eigenvalue weighted by Gasteiger charge is 2.25. The third-order valence-electron chi connectivity index (χ3n) is 6.57. The molecule has 3 amide bonds. The maximum atomic E-state index is 12.9. The highest BCUT2D eigenvalue weighted by atomic mass is 16.7. The van der Waals surface area contributed by atoms with Gasteiger partial charge in [0.05, 0.1) is 25.0 Å². The summed E-state index contributed by atoms with van der Waals surface area (Å²) in [6.07, 6.45) is 1.42. The van der Waals surface area contributed by atoms with Gasteiger partial charge in [0.15, 0.2) is 29.6 Å². The lowest BCUT2D eigenvalue weighted by molar-refractivity contribution is -0.124. The number of hydrazone groups is 1. The second-order valence-electron chi connectivity index (χ2n) is 10.3. The van der Waals surface area contributed by atoms with E-state index < -0.39 is 29.7 Å². The van der Waals surface area contributed by atoms with Crippen molar-refractivity contribution in [1.82, 2.24) is 10.7 Å². The van der Waals surface area contributed by atoms with Crippen molar-refractivity contribution in [2.75, 3.05) is 31.9 Å². The van der Waals surface area contributed by atoms with Crippen molar-refractivity contribution >= 4 is 35.6 Å². The topological polar surface area (TPSA) is 163 Å². The molecule has 1 aliphatic heterocycles. The van der Waals surface area contributed by atoms with Gasteiger partial charge in [-0.05, 0) is 86.0 Å². The van der Waals surface area contributed by atoms with E-state index in [9.17, 15) is 19.2 Å². The Morgan fingerprint density at radius 1 is 0.870 bits per heavy atom. The van der Waals surface area contributed by atoms with Crippen molar-refractivity contribution in [3.63, 3.8) is 0 Å². The molecule has 0 fully saturated rings. The summed E-state index contributed by atoms with van der Waals surface area (Å²) in [6.45, 7) is 7.55. The molecule has 3 N–H and O–H groups in total. The van der Waals surface area contributed by atoms with Gasteiger partial charge in [0.25, 0.3) is 17.7 Å². The predicted octanol–water partition coefficient (Wildman–Crippen LogP) is 3.91. The van der Waals surface area contributed by atoms with Crippen LogP contribution in [0.3, 0.4) is 0 Å². The fourth-order valence-corrected chi connectivity index (χ4v) is 4.27. The quantitative estimate of drug-likeness (QED) is 0.136. The van der Waals surface area contributed by atoms with E-state index in [-0.39, 0.29) is 25.9 Å². The van der Waals surface area contributed by atoms with Gasteiger partial charge in [-0.3, -0.25) is 14.4 Å². The summed E-state index contributed by atoms with van der Waals surface area (Å²) in [7, 11) is 0. The van der Waals surface area contributed by atoms with Crippen LogP contribution in [-0.4, -0.2) is 62.6 Å². The Bertz CT molecular complexity index is 1590. The van der Waals surface area contributed by atoms with Crippen molar-refractivity contribution in [3.05, 3.63) is 77.4 Å². The molecule has 0 bridgehead atoms. The minimum Gasteiger partial charge on any atom is -0.490 e. The van der Waals surface area contributed by atoms with Gasteiger partial charge >= 0.3 is 5.97 Å². The van der Waals surface area contributed by atoms with Crippen LogP contribution in [0.1, 0.15) is 54.0 Å². The van der Waals surface area contributed by atoms with Gasteiger partial charge in [0, 0.05) is 11.3 Å². The van der Waals surface area contributed by atoms with Gasteiger partial charge in [-0.25, -0.2) is 10.2 Å². The highest BCUT2D eigenvalue weighted by Crippen LogP contribution is 2.32. The largest absolute Gasteiger partial charge is 0.490 e. The fraction of sp³-hybridized carbons (Fsp3) is 0.303. The van der Waals surface area contributed by atoms with Gasteiger partial charge in [-0.2, -0.15) is 5.10 Å². The van der Waals surface area contributed by atoms with Gasteiger partial charge in [0.2, 0.25) is 6.79 Å². The first-order valence-corrected chi connectivity index (χ1v) is 14.7. The molecule has 3 aromatic rings. The molecule has 0 aliphatic carbocycles. The molecule has 4 rings (SSSR count). The van der Waals surface area contributed by atoms with E-state index in [0.29, 0.717) is 52.0 Å². The van der Waals surface area contributed by atoms with Crippen LogP contribution in [0, 0.1) is 5.92 Å². The van der Waals surface area contributed by atoms with E-state index >= 15 is 0 Å². The minimum absolute atomic E-state index is 0.0889. The Balaban J connectivity index is 1.31. The lowest BCUT2D eigenvalue weighted by Gasteiger charge is -2.20. The third-order valence-corrected chi connectivity index (χ3v) is 6.57. The normalized spacial score (nSPS) is 12.4. The molecule has 0 aromatic heterocycles. The second kappa shape index (κ2) is 15.9. The maximum Gasteiger partial charge on any atom is 0.338 e. The lowest BCUT2D eigenvalue weighted by Crippen LogP contribution is -2.48. The van der Waals surface area contributed by atoms with Crippen LogP contribution in [0.2, 0.25) is 0 Å². The number of anilines is 1. The average Bonchev–Trinajstić information content (AvgIpc) is 3.52. The number of carbonyl (C=O) groups excluding carboxylic acids is 4. The predicted molar refractivity (Wildman–Crippen MR) is 169 cm³/mol. The SMILES string of the molecule is CCOC(=O)c1ccc(NC(=O)COc2ccc(/C=N/NC(=O)C(NC(=O)c3ccc4c(c3)OCO4)C(C)C)cc2OCC)cc1. The molecule has 0 radical (unpaired) electrons. The Hall–Kier alpha value is -5.59. The Morgan fingerprint density at radius 3 is 2.33 bits per heavy atom. The number of esters is 1. The molecule has 0 saturated carbocycles. The highest BCUT2D eigenvalue weighted by molar-refractivity contribution is 5.98. The first-order chi connectivity index (χ1) is 22.2. The maximum absolute atomic E-state index is 12.9. The number of hydrogen-bond acceptors (Lipinski definition) is 10. The zero-order valence-corrected chi connectivity index (χ0v) is 26.0. The summed E-state index contributed by atoms with van der Waals surface area (Å²) in [6, 6.07) is 15.2. The molecular formula is C33H36N4O9. The molecule has 3 aromatic carbocycles. The van der Waals surface area contributed by atoms with Crippen molar-refractivity contribution in [2.24, 2.45) is 11.0 Å². The Morgan fingerprint density at radius 2 is 1.61 bits per heavy atom. The summed E-state index contributed by atoms with van der Waals surface area (Å²) >= 11 is 0. The van der Waals surface area contributed by atoms with Crippen molar-refractivity contribution in [3.8, 4) is 23.0 Å². The first kappa shape index (κ1) is 33.3. The molecule has 1 aliphatic rings. The number of rotatable bonds is 14. The smallest absolute Gasteiger partial charge is 0.338 e. The van der Waals surface area contributed by atoms with Crippen LogP contribution in [-0.2, 0) is 14.3 Å². The number of nitrogens with one attached hydrogen (secondary N) is 3. The number of fused-ring (bicyclic) bond motifs is 1. The summed E-state index contributed by atoms with van der Waals surface area (Å²) in [5.41, 5.74) is 4.27. The number of hydrogen-bond donors (Lipinski definition) is 3. The van der Waals surface area contributed by atoms with Crippen LogP contribution >= 0.6 is 0 Å². The zero-order valence-electron chi connectivity index (χ0n) is 26.0. The molecule has 1 heterocycles. The fourth-order valence-electron chi connectivity index (χ4n) is 4.27. The summed E-state index contributed by atoms with van der Waals surface area (Å²) < 4.78 is 26.9. The molecule has 1 atom stereocenters. The number of carbonyl (C=O) groups is 4. The average molecular weight is 633 g/mol. The molecule has 46 heavy (non-hydrogen) atoms. The van der Waals surface area contributed by atoms with Crippen molar-refractivity contribution in [1.29, 1.82) is 0 Å². The molecule has 0 saturated heterocycles. The third kappa shape index (κ3) is 8.97. The number of nitrogens with zero attached hydrogens (tertiary/aromatic N) is 1. The molecular weight excluding hydrogens is 596 g/mol. The second-order valence-corrected chi connectivity index (χ2v) is 10.3. The standard InChI is InChI=1S/C33H36N4O9/c1-5-42-27-15-21(7-13-25(27)44-18-29(38)35-24-11-8-22(9-12-24)33(41)43-6-2)17-34-37-32(40)30(20(3)4)36-31(39)23-10-14-26-28(16-23)46-19-45-26/h7-17,20,30H,5-6,18-19H2,1-4H3,(H,35,38)(H,36,39)(H,37,40)/b34-17+. The Kier molecular flexibility index (Phi) is 11.5. The van der Waals surface area contributed by atoms with E-state index in [1.807, 2.05) is 13.8 Å². The molecule has 13 nitrogen and oxygen atoms in total.